The third-order valence-electron chi connectivity index (χ3n) is 5.07. The number of carbonyl (C=O) groups is 2. The topological polar surface area (TPSA) is 53.1 Å². The van der Waals surface area contributed by atoms with Crippen LogP contribution < -0.4 is 9.64 Å². The molecule has 0 spiro atoms. The van der Waals surface area contributed by atoms with E-state index in [0.29, 0.717) is 39.3 Å². The molecule has 0 aliphatic carbocycles. The minimum absolute atomic E-state index is 0.410. The second-order valence-corrected chi connectivity index (χ2v) is 6.78. The lowest BCUT2D eigenvalue weighted by Gasteiger charge is -2.36. The number of hydrogen-bond acceptors (Lipinski definition) is 4. The second kappa shape index (κ2) is 9.26. The maximum Gasteiger partial charge on any atom is 0.312 e. The summed E-state index contributed by atoms with van der Waals surface area (Å²) >= 11 is 0. The highest BCUT2D eigenvalue weighted by molar-refractivity contribution is 6.34. The molecule has 1 fully saturated rings. The molecule has 3 rings (SSSR count). The molecule has 28 heavy (non-hydrogen) atoms. The molecule has 2 aromatic carbocycles. The van der Waals surface area contributed by atoms with Crippen LogP contribution in [0.15, 0.2) is 54.6 Å². The van der Waals surface area contributed by atoms with Crippen molar-refractivity contribution in [3.63, 3.8) is 0 Å². The molecule has 0 aromatic heterocycles. The van der Waals surface area contributed by atoms with Crippen molar-refractivity contribution in [3.05, 3.63) is 60.2 Å². The Hall–Kier alpha value is -3.02. The molecule has 0 atom stereocenters. The van der Waals surface area contributed by atoms with Gasteiger partial charge in [-0.15, -0.1) is 0 Å². The summed E-state index contributed by atoms with van der Waals surface area (Å²) in [7, 11) is 1.65. The lowest BCUT2D eigenvalue weighted by molar-refractivity contribution is -0.152. The number of rotatable bonds is 5. The van der Waals surface area contributed by atoms with Crippen molar-refractivity contribution in [2.75, 3.05) is 44.7 Å². The Morgan fingerprint density at radius 1 is 0.964 bits per heavy atom. The van der Waals surface area contributed by atoms with Gasteiger partial charge in [0.1, 0.15) is 5.75 Å². The fourth-order valence-electron chi connectivity index (χ4n) is 3.36. The number of methoxy groups -OCH3 is 1. The Kier molecular flexibility index (Phi) is 6.53. The molecule has 0 radical (unpaired) electrons. The van der Waals surface area contributed by atoms with Gasteiger partial charge in [0.15, 0.2) is 0 Å². The summed E-state index contributed by atoms with van der Waals surface area (Å²) in [5.41, 5.74) is 2.12. The minimum atomic E-state index is -0.427. The van der Waals surface area contributed by atoms with E-state index in [1.807, 2.05) is 61.5 Å². The van der Waals surface area contributed by atoms with Crippen molar-refractivity contribution in [2.24, 2.45) is 0 Å². The van der Waals surface area contributed by atoms with Crippen LogP contribution >= 0.6 is 0 Å². The molecule has 1 aliphatic heterocycles. The molecule has 0 saturated carbocycles. The van der Waals surface area contributed by atoms with Crippen molar-refractivity contribution < 1.29 is 14.3 Å². The third-order valence-corrected chi connectivity index (χ3v) is 5.07. The van der Waals surface area contributed by atoms with E-state index in [1.165, 1.54) is 0 Å². The van der Waals surface area contributed by atoms with E-state index in [4.69, 9.17) is 4.74 Å². The number of ether oxygens (including phenoxy) is 1. The molecule has 2 aromatic rings. The Morgan fingerprint density at radius 3 is 2.18 bits per heavy atom. The Balaban J connectivity index is 1.56. The highest BCUT2D eigenvalue weighted by atomic mass is 16.5. The zero-order valence-corrected chi connectivity index (χ0v) is 16.5. The van der Waals surface area contributed by atoms with E-state index in [2.05, 4.69) is 4.90 Å². The van der Waals surface area contributed by atoms with Crippen LogP contribution in [0.5, 0.6) is 5.75 Å². The molecule has 0 unspecified atom stereocenters. The van der Waals surface area contributed by atoms with Crippen LogP contribution in [0, 0.1) is 0 Å². The van der Waals surface area contributed by atoms with Gasteiger partial charge >= 0.3 is 11.8 Å². The highest BCUT2D eigenvalue weighted by Crippen LogP contribution is 2.20. The first kappa shape index (κ1) is 19.7. The smallest absolute Gasteiger partial charge is 0.312 e. The summed E-state index contributed by atoms with van der Waals surface area (Å²) in [5, 5.41) is 0. The van der Waals surface area contributed by atoms with Crippen LogP contribution in [-0.4, -0.2) is 61.4 Å². The largest absolute Gasteiger partial charge is 0.497 e. The van der Waals surface area contributed by atoms with Crippen molar-refractivity contribution in [2.45, 2.75) is 13.5 Å². The number of benzene rings is 2. The predicted octanol–water partition coefficient (Wildman–Crippen LogP) is 2.39. The van der Waals surface area contributed by atoms with Gasteiger partial charge in [-0.3, -0.25) is 9.59 Å². The molecule has 1 heterocycles. The van der Waals surface area contributed by atoms with Crippen LogP contribution in [-0.2, 0) is 16.1 Å². The average molecular weight is 381 g/mol. The first-order chi connectivity index (χ1) is 13.6. The zero-order valence-electron chi connectivity index (χ0n) is 16.5. The first-order valence-corrected chi connectivity index (χ1v) is 9.63. The molecular formula is C22H27N3O3. The number of piperazine rings is 1. The standard InChI is InChI=1S/C22H27N3O3/c1-3-23(17-18-7-5-4-6-8-18)21(26)22(27)25-15-13-24(14-16-25)19-9-11-20(28-2)12-10-19/h4-12H,3,13-17H2,1-2H3. The van der Waals surface area contributed by atoms with E-state index in [-0.39, 0.29) is 0 Å². The number of hydrogen-bond donors (Lipinski definition) is 0. The number of anilines is 1. The van der Waals surface area contributed by atoms with Gasteiger partial charge in [0, 0.05) is 45.0 Å². The molecule has 1 saturated heterocycles. The maximum absolute atomic E-state index is 12.7. The quantitative estimate of drug-likeness (QED) is 0.747. The van der Waals surface area contributed by atoms with Gasteiger partial charge in [0.05, 0.1) is 7.11 Å². The maximum atomic E-state index is 12.7. The minimum Gasteiger partial charge on any atom is -0.497 e. The van der Waals surface area contributed by atoms with Crippen molar-refractivity contribution in [1.29, 1.82) is 0 Å². The van der Waals surface area contributed by atoms with Crippen LogP contribution in [0.25, 0.3) is 0 Å². The predicted molar refractivity (Wildman–Crippen MR) is 109 cm³/mol. The highest BCUT2D eigenvalue weighted by Gasteiger charge is 2.29. The van der Waals surface area contributed by atoms with E-state index in [1.54, 1.807) is 16.9 Å². The molecule has 6 heteroatoms. The lowest BCUT2D eigenvalue weighted by atomic mass is 10.2. The Morgan fingerprint density at radius 2 is 1.61 bits per heavy atom. The lowest BCUT2D eigenvalue weighted by Crippen LogP contribution is -2.53. The van der Waals surface area contributed by atoms with Crippen molar-refractivity contribution in [3.8, 4) is 5.75 Å². The number of amides is 2. The van der Waals surface area contributed by atoms with E-state index >= 15 is 0 Å². The van der Waals surface area contributed by atoms with E-state index in [0.717, 1.165) is 17.0 Å². The van der Waals surface area contributed by atoms with Crippen molar-refractivity contribution >= 4 is 17.5 Å². The molecule has 148 valence electrons. The summed E-state index contributed by atoms with van der Waals surface area (Å²) in [6.45, 7) is 5.35. The summed E-state index contributed by atoms with van der Waals surface area (Å²) in [4.78, 5) is 30.9. The summed E-state index contributed by atoms with van der Waals surface area (Å²) in [6, 6.07) is 17.6. The molecule has 2 amide bonds. The van der Waals surface area contributed by atoms with Gasteiger partial charge in [0.2, 0.25) is 0 Å². The fourth-order valence-corrected chi connectivity index (χ4v) is 3.36. The molecule has 6 nitrogen and oxygen atoms in total. The van der Waals surface area contributed by atoms with Gasteiger partial charge in [-0.1, -0.05) is 30.3 Å². The number of nitrogens with zero attached hydrogens (tertiary/aromatic N) is 3. The summed E-state index contributed by atoms with van der Waals surface area (Å²) in [6.07, 6.45) is 0. The normalized spacial score (nSPS) is 13.9. The van der Waals surface area contributed by atoms with Crippen LogP contribution in [0.1, 0.15) is 12.5 Å². The molecular weight excluding hydrogens is 354 g/mol. The Labute approximate surface area is 166 Å². The number of likely N-dealkylation sites (N-methyl/N-ethyl adjacent to an activating group) is 1. The van der Waals surface area contributed by atoms with Crippen LogP contribution in [0.2, 0.25) is 0 Å². The van der Waals surface area contributed by atoms with Gasteiger partial charge in [-0.05, 0) is 36.8 Å². The van der Waals surface area contributed by atoms with E-state index < -0.39 is 11.8 Å². The monoisotopic (exact) mass is 381 g/mol. The number of carbonyl (C=O) groups excluding carboxylic acids is 2. The van der Waals surface area contributed by atoms with Gasteiger partial charge in [-0.2, -0.15) is 0 Å². The summed E-state index contributed by atoms with van der Waals surface area (Å²) < 4.78 is 5.19. The van der Waals surface area contributed by atoms with Crippen molar-refractivity contribution in [1.82, 2.24) is 9.80 Å². The summed E-state index contributed by atoms with van der Waals surface area (Å²) in [5.74, 6) is -0.0161. The van der Waals surface area contributed by atoms with Gasteiger partial charge in [0.25, 0.3) is 0 Å². The molecule has 0 bridgehead atoms. The zero-order chi connectivity index (χ0) is 19.9. The Bertz CT molecular complexity index is 784. The SMILES string of the molecule is CCN(Cc1ccccc1)C(=O)C(=O)N1CCN(c2ccc(OC)cc2)CC1. The fraction of sp³-hybridized carbons (Fsp3) is 0.364. The van der Waals surface area contributed by atoms with E-state index in [9.17, 15) is 9.59 Å². The molecule has 0 N–H and O–H groups in total. The average Bonchev–Trinajstić information content (AvgIpc) is 2.77. The third kappa shape index (κ3) is 4.63. The van der Waals surface area contributed by atoms with Gasteiger partial charge < -0.3 is 19.4 Å². The first-order valence-electron chi connectivity index (χ1n) is 9.63. The van der Waals surface area contributed by atoms with Gasteiger partial charge in [-0.25, -0.2) is 0 Å². The molecule has 1 aliphatic rings. The van der Waals surface area contributed by atoms with Crippen LogP contribution in [0.3, 0.4) is 0 Å². The van der Waals surface area contributed by atoms with Crippen LogP contribution in [0.4, 0.5) is 5.69 Å². The second-order valence-electron chi connectivity index (χ2n) is 6.78.